The van der Waals surface area contributed by atoms with Gasteiger partial charge in [0.05, 0.1) is 17.7 Å². The van der Waals surface area contributed by atoms with Crippen LogP contribution < -0.4 is 9.64 Å². The van der Waals surface area contributed by atoms with Crippen molar-refractivity contribution in [3.05, 3.63) is 24.3 Å². The number of anilines is 1. The van der Waals surface area contributed by atoms with Crippen LogP contribution in [0.3, 0.4) is 0 Å². The highest BCUT2D eigenvalue weighted by atomic mass is 16.5. The lowest BCUT2D eigenvalue weighted by atomic mass is 10.1. The molecule has 1 aromatic carbocycles. The van der Waals surface area contributed by atoms with Crippen molar-refractivity contribution < 1.29 is 19.4 Å². The molecule has 1 aliphatic rings. The molecule has 1 atom stereocenters. The third kappa shape index (κ3) is 4.00. The molecule has 1 aromatic rings. The molecule has 5 heteroatoms. The summed E-state index contributed by atoms with van der Waals surface area (Å²) in [6, 6.07) is 7.31. The van der Waals surface area contributed by atoms with Gasteiger partial charge in [0.15, 0.2) is 0 Å². The number of rotatable bonds is 7. The number of carbonyl (C=O) groups excluding carboxylic acids is 1. The lowest BCUT2D eigenvalue weighted by molar-refractivity contribution is -0.140. The third-order valence-corrected chi connectivity index (χ3v) is 3.59. The summed E-state index contributed by atoms with van der Waals surface area (Å²) in [5.74, 6) is -0.907. The van der Waals surface area contributed by atoms with Gasteiger partial charge >= 0.3 is 5.97 Å². The maximum Gasteiger partial charge on any atom is 0.308 e. The van der Waals surface area contributed by atoms with E-state index in [2.05, 4.69) is 0 Å². The summed E-state index contributed by atoms with van der Waals surface area (Å²) in [5, 5.41) is 9.16. The number of benzene rings is 1. The molecule has 0 heterocycles. The van der Waals surface area contributed by atoms with Crippen LogP contribution in [0.4, 0.5) is 5.69 Å². The summed E-state index contributed by atoms with van der Waals surface area (Å²) in [6.45, 7) is 5.61. The van der Waals surface area contributed by atoms with Crippen LogP contribution in [0.25, 0.3) is 0 Å². The number of para-hydroxylation sites is 2. The molecule has 0 saturated heterocycles. The quantitative estimate of drug-likeness (QED) is 0.841. The number of aliphatic carboxylic acids is 1. The highest BCUT2D eigenvalue weighted by molar-refractivity contribution is 5.98. The topological polar surface area (TPSA) is 66.8 Å². The monoisotopic (exact) mass is 305 g/mol. The molecule has 120 valence electrons. The van der Waals surface area contributed by atoms with Gasteiger partial charge in [-0.3, -0.25) is 9.59 Å². The first-order valence-corrected chi connectivity index (χ1v) is 7.70. The van der Waals surface area contributed by atoms with Crippen LogP contribution in [0.2, 0.25) is 0 Å². The Kier molecular flexibility index (Phi) is 5.06. The van der Waals surface area contributed by atoms with Gasteiger partial charge in [-0.1, -0.05) is 19.1 Å². The molecule has 1 saturated carbocycles. The van der Waals surface area contributed by atoms with Crippen LogP contribution in [0.15, 0.2) is 24.3 Å². The number of ether oxygens (including phenoxy) is 1. The lowest BCUT2D eigenvalue weighted by Crippen LogP contribution is -2.38. The van der Waals surface area contributed by atoms with Crippen molar-refractivity contribution in [1.82, 2.24) is 0 Å². The second-order valence-corrected chi connectivity index (χ2v) is 6.10. The molecule has 1 aliphatic carbocycles. The molecule has 1 unspecified atom stereocenters. The first-order valence-electron chi connectivity index (χ1n) is 7.70. The number of hydrogen-bond donors (Lipinski definition) is 1. The Bertz CT molecular complexity index is 551. The Morgan fingerprint density at radius 2 is 1.91 bits per heavy atom. The predicted octanol–water partition coefficient (Wildman–Crippen LogP) is 2.94. The smallest absolute Gasteiger partial charge is 0.308 e. The zero-order chi connectivity index (χ0) is 16.3. The number of carboxylic acid groups (broad SMARTS) is 1. The van der Waals surface area contributed by atoms with E-state index in [1.54, 1.807) is 11.8 Å². The fourth-order valence-corrected chi connectivity index (χ4v) is 2.24. The van der Waals surface area contributed by atoms with Crippen LogP contribution in [-0.4, -0.2) is 29.6 Å². The Balaban J connectivity index is 2.31. The van der Waals surface area contributed by atoms with E-state index in [1.165, 1.54) is 0 Å². The van der Waals surface area contributed by atoms with E-state index < -0.39 is 11.9 Å². The Morgan fingerprint density at radius 3 is 2.45 bits per heavy atom. The van der Waals surface area contributed by atoms with Crippen molar-refractivity contribution in [2.24, 2.45) is 11.8 Å². The molecule has 22 heavy (non-hydrogen) atoms. The first-order chi connectivity index (χ1) is 10.4. The highest BCUT2D eigenvalue weighted by Gasteiger charge is 2.36. The number of carboxylic acids is 1. The summed E-state index contributed by atoms with van der Waals surface area (Å²) >= 11 is 0. The van der Waals surface area contributed by atoms with E-state index in [0.717, 1.165) is 12.8 Å². The Morgan fingerprint density at radius 1 is 1.27 bits per heavy atom. The van der Waals surface area contributed by atoms with E-state index >= 15 is 0 Å². The molecule has 1 amide bonds. The van der Waals surface area contributed by atoms with Crippen molar-refractivity contribution in [3.63, 3.8) is 0 Å². The van der Waals surface area contributed by atoms with Gasteiger partial charge < -0.3 is 14.7 Å². The van der Waals surface area contributed by atoms with E-state index in [1.807, 2.05) is 38.1 Å². The van der Waals surface area contributed by atoms with E-state index in [0.29, 0.717) is 11.4 Å². The molecule has 0 bridgehead atoms. The standard InChI is InChI=1S/C17H23NO4/c1-11(2)22-15-7-5-4-6-14(15)18(10-12(3)17(20)21)16(19)13-8-9-13/h4-7,11-13H,8-10H2,1-3H3,(H,20,21). The molecule has 0 aromatic heterocycles. The number of nitrogens with zero attached hydrogens (tertiary/aromatic N) is 1. The predicted molar refractivity (Wildman–Crippen MR) is 84.1 cm³/mol. The van der Waals surface area contributed by atoms with Gasteiger partial charge in [-0.15, -0.1) is 0 Å². The first kappa shape index (κ1) is 16.3. The normalized spacial score (nSPS) is 15.5. The van der Waals surface area contributed by atoms with Crippen LogP contribution in [0.5, 0.6) is 5.75 Å². The van der Waals surface area contributed by atoms with Gasteiger partial charge in [0.2, 0.25) is 5.91 Å². The van der Waals surface area contributed by atoms with E-state index in [4.69, 9.17) is 9.84 Å². The number of hydrogen-bond acceptors (Lipinski definition) is 3. The average Bonchev–Trinajstić information content (AvgIpc) is 3.28. The average molecular weight is 305 g/mol. The molecule has 5 nitrogen and oxygen atoms in total. The Hall–Kier alpha value is -2.04. The van der Waals surface area contributed by atoms with Crippen molar-refractivity contribution in [2.45, 2.75) is 39.7 Å². The van der Waals surface area contributed by atoms with Gasteiger partial charge in [-0.05, 0) is 38.8 Å². The third-order valence-electron chi connectivity index (χ3n) is 3.59. The molecule has 1 N–H and O–H groups in total. The number of carbonyl (C=O) groups is 2. The molecular formula is C17H23NO4. The minimum Gasteiger partial charge on any atom is -0.489 e. The summed E-state index contributed by atoms with van der Waals surface area (Å²) < 4.78 is 5.78. The van der Waals surface area contributed by atoms with Gasteiger partial charge in [0.25, 0.3) is 0 Å². The van der Waals surface area contributed by atoms with Gasteiger partial charge in [-0.2, -0.15) is 0 Å². The van der Waals surface area contributed by atoms with Gasteiger partial charge in [0.1, 0.15) is 5.75 Å². The van der Waals surface area contributed by atoms with E-state index in [-0.39, 0.29) is 24.5 Å². The summed E-state index contributed by atoms with van der Waals surface area (Å²) in [7, 11) is 0. The fraction of sp³-hybridized carbons (Fsp3) is 0.529. The largest absolute Gasteiger partial charge is 0.489 e. The molecule has 0 spiro atoms. The molecular weight excluding hydrogens is 282 g/mol. The summed E-state index contributed by atoms with van der Waals surface area (Å²) in [5.41, 5.74) is 0.654. The van der Waals surface area contributed by atoms with Crippen LogP contribution in [0, 0.1) is 11.8 Å². The zero-order valence-corrected chi connectivity index (χ0v) is 13.3. The van der Waals surface area contributed by atoms with E-state index in [9.17, 15) is 9.59 Å². The maximum atomic E-state index is 12.6. The molecule has 1 fully saturated rings. The summed E-state index contributed by atoms with van der Waals surface area (Å²) in [6.07, 6.45) is 1.74. The van der Waals surface area contributed by atoms with Crippen LogP contribution in [0.1, 0.15) is 33.6 Å². The van der Waals surface area contributed by atoms with Gasteiger partial charge in [-0.25, -0.2) is 0 Å². The number of amides is 1. The zero-order valence-electron chi connectivity index (χ0n) is 13.3. The van der Waals surface area contributed by atoms with Crippen LogP contribution in [-0.2, 0) is 9.59 Å². The van der Waals surface area contributed by atoms with Crippen molar-refractivity contribution in [2.75, 3.05) is 11.4 Å². The molecule has 2 rings (SSSR count). The second kappa shape index (κ2) is 6.81. The van der Waals surface area contributed by atoms with Crippen molar-refractivity contribution in [1.29, 1.82) is 0 Å². The van der Waals surface area contributed by atoms with Gasteiger partial charge in [0, 0.05) is 12.5 Å². The van der Waals surface area contributed by atoms with Crippen molar-refractivity contribution in [3.8, 4) is 5.75 Å². The lowest BCUT2D eigenvalue weighted by Gasteiger charge is -2.27. The molecule has 0 aliphatic heterocycles. The van der Waals surface area contributed by atoms with Crippen LogP contribution >= 0.6 is 0 Å². The fourth-order valence-electron chi connectivity index (χ4n) is 2.24. The summed E-state index contributed by atoms with van der Waals surface area (Å²) in [4.78, 5) is 25.3. The minimum absolute atomic E-state index is 0.00657. The van der Waals surface area contributed by atoms with Crippen molar-refractivity contribution >= 4 is 17.6 Å². The maximum absolute atomic E-state index is 12.6. The Labute approximate surface area is 130 Å². The second-order valence-electron chi connectivity index (χ2n) is 6.10. The molecule has 0 radical (unpaired) electrons. The SMILES string of the molecule is CC(C)Oc1ccccc1N(CC(C)C(=O)O)C(=O)C1CC1. The highest BCUT2D eigenvalue weighted by Crippen LogP contribution is 2.36. The minimum atomic E-state index is -0.907.